The maximum Gasteiger partial charge on any atom is 0.330 e. The number of rotatable bonds is 9. The molecule has 1 aliphatic carbocycles. The van der Waals surface area contributed by atoms with Gasteiger partial charge in [-0.2, -0.15) is 0 Å². The van der Waals surface area contributed by atoms with Crippen molar-refractivity contribution in [2.24, 2.45) is 5.92 Å². The summed E-state index contributed by atoms with van der Waals surface area (Å²) in [5.74, 6) is 1.36. The highest BCUT2D eigenvalue weighted by Gasteiger charge is 2.49. The SMILES string of the molecule is CCCCCc1oc2ccc(C3(C)CC3/C=C/C(C)=C/C(=O)OCC)cc2c1C(C)(C)C. The molecule has 1 fully saturated rings. The van der Waals surface area contributed by atoms with Gasteiger partial charge in [-0.25, -0.2) is 4.79 Å². The highest BCUT2D eigenvalue weighted by atomic mass is 16.5. The molecule has 2 unspecified atom stereocenters. The molecular weight excluding hydrogens is 396 g/mol. The first-order valence-electron chi connectivity index (χ1n) is 12.2. The van der Waals surface area contributed by atoms with Crippen molar-refractivity contribution in [3.63, 3.8) is 0 Å². The number of hydrogen-bond acceptors (Lipinski definition) is 3. The van der Waals surface area contributed by atoms with Crippen molar-refractivity contribution in [1.82, 2.24) is 0 Å². The molecular formula is C29H40O3. The van der Waals surface area contributed by atoms with Crippen molar-refractivity contribution in [3.8, 4) is 0 Å². The van der Waals surface area contributed by atoms with Gasteiger partial charge >= 0.3 is 5.97 Å². The minimum atomic E-state index is -0.275. The summed E-state index contributed by atoms with van der Waals surface area (Å²) >= 11 is 0. The van der Waals surface area contributed by atoms with Gasteiger partial charge in [0, 0.05) is 23.4 Å². The van der Waals surface area contributed by atoms with E-state index in [2.05, 4.69) is 65.0 Å². The predicted molar refractivity (Wildman–Crippen MR) is 133 cm³/mol. The van der Waals surface area contributed by atoms with Gasteiger partial charge in [-0.1, -0.05) is 65.7 Å². The van der Waals surface area contributed by atoms with Crippen LogP contribution in [-0.2, 0) is 26.8 Å². The lowest BCUT2D eigenvalue weighted by atomic mass is 9.83. The van der Waals surface area contributed by atoms with E-state index in [4.69, 9.17) is 9.15 Å². The monoisotopic (exact) mass is 436 g/mol. The number of benzene rings is 1. The molecule has 1 aromatic carbocycles. The second-order valence-corrected chi connectivity index (χ2v) is 10.5. The zero-order chi connectivity index (χ0) is 23.5. The number of aryl methyl sites for hydroxylation is 1. The van der Waals surface area contributed by atoms with Crippen LogP contribution in [0.3, 0.4) is 0 Å². The number of unbranched alkanes of at least 4 members (excludes halogenated alkanes) is 2. The quantitative estimate of drug-likeness (QED) is 0.174. The molecule has 1 aliphatic rings. The number of esters is 1. The number of ether oxygens (including phenoxy) is 1. The largest absolute Gasteiger partial charge is 0.463 e. The highest BCUT2D eigenvalue weighted by Crippen LogP contribution is 2.55. The maximum absolute atomic E-state index is 11.6. The molecule has 1 saturated carbocycles. The first-order chi connectivity index (χ1) is 15.1. The Morgan fingerprint density at radius 3 is 2.66 bits per heavy atom. The van der Waals surface area contributed by atoms with Crippen molar-refractivity contribution in [2.75, 3.05) is 6.61 Å². The zero-order valence-corrected chi connectivity index (χ0v) is 21.0. The Balaban J connectivity index is 1.85. The van der Waals surface area contributed by atoms with Gasteiger partial charge in [-0.05, 0) is 66.7 Å². The van der Waals surface area contributed by atoms with Crippen LogP contribution in [0.5, 0.6) is 0 Å². The molecule has 0 saturated heterocycles. The third-order valence-electron chi connectivity index (χ3n) is 6.70. The van der Waals surface area contributed by atoms with Crippen LogP contribution in [0.2, 0.25) is 0 Å². The lowest BCUT2D eigenvalue weighted by molar-refractivity contribution is -0.137. The molecule has 3 rings (SSSR count). The Morgan fingerprint density at radius 1 is 1.25 bits per heavy atom. The molecule has 0 N–H and O–H groups in total. The van der Waals surface area contributed by atoms with Crippen LogP contribution in [0.15, 0.2) is 46.4 Å². The standard InChI is InChI=1S/C29H40O3/c1-8-10-11-12-25-27(28(4,5)6)23-18-21(15-16-24(23)32-25)29(7)19-22(29)14-13-20(3)17-26(30)31-9-2/h13-18,22H,8-12,19H2,1-7H3/b14-13+,20-17+. The van der Waals surface area contributed by atoms with E-state index in [0.717, 1.165) is 29.8 Å². The van der Waals surface area contributed by atoms with Crippen molar-refractivity contribution >= 4 is 16.9 Å². The van der Waals surface area contributed by atoms with Crippen LogP contribution >= 0.6 is 0 Å². The molecule has 0 radical (unpaired) electrons. The second kappa shape index (κ2) is 9.68. The molecule has 1 aromatic heterocycles. The number of hydrogen-bond donors (Lipinski definition) is 0. The van der Waals surface area contributed by atoms with Crippen LogP contribution in [0, 0.1) is 5.92 Å². The van der Waals surface area contributed by atoms with Gasteiger partial charge in [0.05, 0.1) is 6.61 Å². The van der Waals surface area contributed by atoms with E-state index in [1.807, 2.05) is 13.8 Å². The Labute approximate surface area is 193 Å². The normalized spacial score (nSPS) is 21.5. The van der Waals surface area contributed by atoms with Gasteiger partial charge in [0.15, 0.2) is 0 Å². The molecule has 0 aliphatic heterocycles. The summed E-state index contributed by atoms with van der Waals surface area (Å²) in [6.45, 7) is 15.6. The summed E-state index contributed by atoms with van der Waals surface area (Å²) in [5, 5.41) is 1.27. The fourth-order valence-corrected chi connectivity index (χ4v) is 4.73. The second-order valence-electron chi connectivity index (χ2n) is 10.5. The number of allylic oxidation sites excluding steroid dienone is 3. The maximum atomic E-state index is 11.6. The van der Waals surface area contributed by atoms with E-state index >= 15 is 0 Å². The third-order valence-corrected chi connectivity index (χ3v) is 6.70. The lowest BCUT2D eigenvalue weighted by Gasteiger charge is -2.20. The molecule has 0 amide bonds. The molecule has 3 nitrogen and oxygen atoms in total. The van der Waals surface area contributed by atoms with Crippen molar-refractivity contribution in [1.29, 1.82) is 0 Å². The minimum Gasteiger partial charge on any atom is -0.463 e. The number of carbonyl (C=O) groups excluding carboxylic acids is 1. The predicted octanol–water partition coefficient (Wildman–Crippen LogP) is 7.81. The smallest absolute Gasteiger partial charge is 0.330 e. The van der Waals surface area contributed by atoms with Gasteiger partial charge in [-0.15, -0.1) is 0 Å². The Kier molecular flexibility index (Phi) is 7.37. The number of carbonyl (C=O) groups is 1. The average Bonchev–Trinajstić information content (AvgIpc) is 3.22. The molecule has 174 valence electrons. The van der Waals surface area contributed by atoms with Crippen molar-refractivity contribution in [3.05, 3.63) is 58.9 Å². The van der Waals surface area contributed by atoms with Crippen LogP contribution in [0.25, 0.3) is 11.0 Å². The molecule has 32 heavy (non-hydrogen) atoms. The third kappa shape index (κ3) is 5.36. The Bertz CT molecular complexity index is 1010. The molecule has 2 aromatic rings. The zero-order valence-electron chi connectivity index (χ0n) is 21.0. The highest BCUT2D eigenvalue weighted by molar-refractivity contribution is 5.85. The van der Waals surface area contributed by atoms with E-state index in [0.29, 0.717) is 12.5 Å². The minimum absolute atomic E-state index is 0.0458. The van der Waals surface area contributed by atoms with Crippen LogP contribution < -0.4 is 0 Å². The van der Waals surface area contributed by atoms with Crippen molar-refractivity contribution in [2.45, 2.75) is 91.4 Å². The van der Waals surface area contributed by atoms with Gasteiger partial charge in [0.25, 0.3) is 0 Å². The van der Waals surface area contributed by atoms with E-state index in [9.17, 15) is 4.79 Å². The fourth-order valence-electron chi connectivity index (χ4n) is 4.73. The van der Waals surface area contributed by atoms with Gasteiger partial charge in [0.1, 0.15) is 11.3 Å². The van der Waals surface area contributed by atoms with Gasteiger partial charge in [-0.3, -0.25) is 0 Å². The fraction of sp³-hybridized carbons (Fsp3) is 0.552. The van der Waals surface area contributed by atoms with Crippen LogP contribution in [0.4, 0.5) is 0 Å². The summed E-state index contributed by atoms with van der Waals surface area (Å²) in [7, 11) is 0. The van der Waals surface area contributed by atoms with Crippen LogP contribution in [-0.4, -0.2) is 12.6 Å². The first-order valence-corrected chi connectivity index (χ1v) is 12.2. The summed E-state index contributed by atoms with van der Waals surface area (Å²) in [6, 6.07) is 6.78. The van der Waals surface area contributed by atoms with E-state index in [1.165, 1.54) is 35.8 Å². The lowest BCUT2D eigenvalue weighted by Crippen LogP contribution is -2.13. The summed E-state index contributed by atoms with van der Waals surface area (Å²) in [4.78, 5) is 11.6. The van der Waals surface area contributed by atoms with Crippen LogP contribution in [0.1, 0.15) is 91.0 Å². The van der Waals surface area contributed by atoms with Gasteiger partial charge in [0.2, 0.25) is 0 Å². The van der Waals surface area contributed by atoms with Crippen molar-refractivity contribution < 1.29 is 13.9 Å². The number of furan rings is 1. The molecule has 0 spiro atoms. The average molecular weight is 437 g/mol. The van der Waals surface area contributed by atoms with E-state index in [-0.39, 0.29) is 16.8 Å². The molecule has 0 bridgehead atoms. The Morgan fingerprint density at radius 2 is 2.00 bits per heavy atom. The molecule has 1 heterocycles. The Hall–Kier alpha value is -2.29. The number of fused-ring (bicyclic) bond motifs is 1. The first kappa shape index (κ1) is 24.4. The molecule has 2 atom stereocenters. The van der Waals surface area contributed by atoms with Gasteiger partial charge < -0.3 is 9.15 Å². The molecule has 3 heteroatoms. The summed E-state index contributed by atoms with van der Waals surface area (Å²) in [5.41, 5.74) is 4.85. The summed E-state index contributed by atoms with van der Waals surface area (Å²) in [6.07, 6.45) is 11.6. The topological polar surface area (TPSA) is 39.4 Å². The summed E-state index contributed by atoms with van der Waals surface area (Å²) < 4.78 is 11.4. The van der Waals surface area contributed by atoms with E-state index < -0.39 is 0 Å². The van der Waals surface area contributed by atoms with E-state index in [1.54, 1.807) is 6.08 Å².